The number of nitrogens with one attached hydrogen (secondary N) is 1. The second-order valence-electron chi connectivity index (χ2n) is 4.44. The predicted octanol–water partition coefficient (Wildman–Crippen LogP) is 2.21. The van der Waals surface area contributed by atoms with E-state index in [1.807, 2.05) is 24.3 Å². The number of aromatic nitrogens is 1. The molecule has 2 N–H and O–H groups in total. The highest BCUT2D eigenvalue weighted by atomic mass is 32.1. The minimum atomic E-state index is -0.999. The van der Waals surface area contributed by atoms with Gasteiger partial charge in [-0.3, -0.25) is 4.79 Å². The summed E-state index contributed by atoms with van der Waals surface area (Å²) < 4.78 is 1.10. The summed E-state index contributed by atoms with van der Waals surface area (Å²) in [6, 6.07) is 7.01. The molecule has 6 heteroatoms. The molecule has 0 saturated carbocycles. The second kappa shape index (κ2) is 6.47. The van der Waals surface area contributed by atoms with E-state index in [1.165, 1.54) is 0 Å². The zero-order valence-corrected chi connectivity index (χ0v) is 11.9. The number of carbonyl (C=O) groups excluding carboxylic acids is 1. The van der Waals surface area contributed by atoms with E-state index in [4.69, 9.17) is 5.11 Å². The predicted molar refractivity (Wildman–Crippen MR) is 77.8 cm³/mol. The molecule has 0 bridgehead atoms. The Bertz CT molecular complexity index is 591. The molecule has 0 spiro atoms. The lowest BCUT2D eigenvalue weighted by Gasteiger charge is -2.11. The minimum Gasteiger partial charge on any atom is -0.480 e. The average Bonchev–Trinajstić information content (AvgIpc) is 2.85. The van der Waals surface area contributed by atoms with Gasteiger partial charge in [0, 0.05) is 12.8 Å². The van der Waals surface area contributed by atoms with Crippen molar-refractivity contribution >= 4 is 33.4 Å². The summed E-state index contributed by atoms with van der Waals surface area (Å²) in [5.74, 6) is -1.25. The number of carboxylic acids is 1. The monoisotopic (exact) mass is 292 g/mol. The summed E-state index contributed by atoms with van der Waals surface area (Å²) >= 11 is 1.56. The van der Waals surface area contributed by atoms with Crippen molar-refractivity contribution in [1.82, 2.24) is 10.3 Å². The van der Waals surface area contributed by atoms with Gasteiger partial charge in [0.1, 0.15) is 6.04 Å². The van der Waals surface area contributed by atoms with Gasteiger partial charge in [-0.25, -0.2) is 9.78 Å². The van der Waals surface area contributed by atoms with Crippen LogP contribution in [-0.4, -0.2) is 28.0 Å². The van der Waals surface area contributed by atoms with Gasteiger partial charge in [0.15, 0.2) is 0 Å². The number of benzene rings is 1. The van der Waals surface area contributed by atoms with Crippen molar-refractivity contribution in [1.29, 1.82) is 0 Å². The second-order valence-corrected chi connectivity index (χ2v) is 5.56. The molecule has 0 radical (unpaired) electrons. The van der Waals surface area contributed by atoms with Crippen LogP contribution >= 0.6 is 11.3 Å². The Kier molecular flexibility index (Phi) is 4.68. The SMILES string of the molecule is CC[C@H](NC(=O)CCc1nc2ccccc2s1)C(=O)O. The number of hydrogen-bond acceptors (Lipinski definition) is 4. The highest BCUT2D eigenvalue weighted by Gasteiger charge is 2.17. The molecule has 2 rings (SSSR count). The molecule has 1 aromatic carbocycles. The number of thiazole rings is 1. The number of aliphatic carboxylic acids is 1. The maximum atomic E-state index is 11.7. The van der Waals surface area contributed by atoms with E-state index in [0.29, 0.717) is 12.8 Å². The Morgan fingerprint density at radius 2 is 2.15 bits per heavy atom. The Balaban J connectivity index is 1.91. The molecule has 0 aliphatic rings. The summed E-state index contributed by atoms with van der Waals surface area (Å²) in [4.78, 5) is 27.0. The molecule has 20 heavy (non-hydrogen) atoms. The van der Waals surface area contributed by atoms with Gasteiger partial charge in [0.2, 0.25) is 5.91 Å². The minimum absolute atomic E-state index is 0.251. The third-order valence-electron chi connectivity index (χ3n) is 2.95. The maximum absolute atomic E-state index is 11.7. The van der Waals surface area contributed by atoms with Crippen LogP contribution in [0, 0.1) is 0 Å². The highest BCUT2D eigenvalue weighted by Crippen LogP contribution is 2.22. The number of rotatable bonds is 6. The number of nitrogens with zero attached hydrogens (tertiary/aromatic N) is 1. The van der Waals surface area contributed by atoms with Gasteiger partial charge in [0.05, 0.1) is 15.2 Å². The largest absolute Gasteiger partial charge is 0.480 e. The van der Waals surface area contributed by atoms with E-state index in [0.717, 1.165) is 15.2 Å². The molecule has 0 aliphatic heterocycles. The fraction of sp³-hybridized carbons (Fsp3) is 0.357. The van der Waals surface area contributed by atoms with Gasteiger partial charge in [-0.05, 0) is 18.6 Å². The van der Waals surface area contributed by atoms with E-state index in [1.54, 1.807) is 18.3 Å². The van der Waals surface area contributed by atoms with E-state index in [-0.39, 0.29) is 12.3 Å². The normalized spacial score (nSPS) is 12.2. The molecule has 5 nitrogen and oxygen atoms in total. The quantitative estimate of drug-likeness (QED) is 0.855. The van der Waals surface area contributed by atoms with Crippen molar-refractivity contribution in [3.8, 4) is 0 Å². The first-order chi connectivity index (χ1) is 9.60. The van der Waals surface area contributed by atoms with Gasteiger partial charge < -0.3 is 10.4 Å². The number of aryl methyl sites for hydroxylation is 1. The van der Waals surface area contributed by atoms with E-state index in [2.05, 4.69) is 10.3 Å². The zero-order valence-electron chi connectivity index (χ0n) is 11.1. The van der Waals surface area contributed by atoms with Crippen molar-refractivity contribution in [2.75, 3.05) is 0 Å². The Hall–Kier alpha value is -1.95. The number of carboxylic acid groups (broad SMARTS) is 1. The Morgan fingerprint density at radius 3 is 2.80 bits per heavy atom. The number of fused-ring (bicyclic) bond motifs is 1. The molecule has 106 valence electrons. The molecular weight excluding hydrogens is 276 g/mol. The molecule has 0 fully saturated rings. The van der Waals surface area contributed by atoms with Gasteiger partial charge in [-0.2, -0.15) is 0 Å². The first-order valence-electron chi connectivity index (χ1n) is 6.46. The molecular formula is C14H16N2O3S. The number of hydrogen-bond donors (Lipinski definition) is 2. The third-order valence-corrected chi connectivity index (χ3v) is 4.04. The van der Waals surface area contributed by atoms with E-state index in [9.17, 15) is 9.59 Å². The van der Waals surface area contributed by atoms with Crippen LogP contribution in [-0.2, 0) is 16.0 Å². The smallest absolute Gasteiger partial charge is 0.326 e. The Morgan fingerprint density at radius 1 is 1.40 bits per heavy atom. The van der Waals surface area contributed by atoms with E-state index < -0.39 is 12.0 Å². The first-order valence-corrected chi connectivity index (χ1v) is 7.28. The van der Waals surface area contributed by atoms with E-state index >= 15 is 0 Å². The lowest BCUT2D eigenvalue weighted by Crippen LogP contribution is -2.40. The fourth-order valence-corrected chi connectivity index (χ4v) is 2.82. The summed E-state index contributed by atoms with van der Waals surface area (Å²) in [5.41, 5.74) is 0.935. The van der Waals surface area contributed by atoms with Crippen LogP contribution in [0.25, 0.3) is 10.2 Å². The topological polar surface area (TPSA) is 79.3 Å². The molecule has 2 aromatic rings. The first kappa shape index (κ1) is 14.5. The maximum Gasteiger partial charge on any atom is 0.326 e. The summed E-state index contributed by atoms with van der Waals surface area (Å²) in [5, 5.41) is 12.3. The Labute approximate surface area is 120 Å². The lowest BCUT2D eigenvalue weighted by atomic mass is 10.2. The molecule has 0 unspecified atom stereocenters. The van der Waals surface area contributed by atoms with Gasteiger partial charge >= 0.3 is 5.97 Å². The van der Waals surface area contributed by atoms with Gasteiger partial charge in [-0.1, -0.05) is 19.1 Å². The summed E-state index contributed by atoms with van der Waals surface area (Å²) in [6.45, 7) is 1.73. The van der Waals surface area contributed by atoms with Crippen molar-refractivity contribution in [2.24, 2.45) is 0 Å². The van der Waals surface area contributed by atoms with Gasteiger partial charge in [-0.15, -0.1) is 11.3 Å². The zero-order chi connectivity index (χ0) is 14.5. The van der Waals surface area contributed by atoms with Crippen molar-refractivity contribution < 1.29 is 14.7 Å². The fourth-order valence-electron chi connectivity index (χ4n) is 1.85. The standard InChI is InChI=1S/C14H16N2O3S/c1-2-9(14(18)19)15-12(17)7-8-13-16-10-5-3-4-6-11(10)20-13/h3-6,9H,2,7-8H2,1H3,(H,15,17)(H,18,19)/t9-/m0/s1. The molecule has 0 saturated heterocycles. The van der Waals surface area contributed by atoms with Crippen LogP contribution in [0.1, 0.15) is 24.8 Å². The summed E-state index contributed by atoms with van der Waals surface area (Å²) in [6.07, 6.45) is 1.16. The van der Waals surface area contributed by atoms with Crippen LogP contribution in [0.15, 0.2) is 24.3 Å². The van der Waals surface area contributed by atoms with Crippen LogP contribution in [0.4, 0.5) is 0 Å². The number of amides is 1. The van der Waals surface area contributed by atoms with Crippen LogP contribution in [0.2, 0.25) is 0 Å². The van der Waals surface area contributed by atoms with Crippen LogP contribution in [0.3, 0.4) is 0 Å². The number of carbonyl (C=O) groups is 2. The lowest BCUT2D eigenvalue weighted by molar-refractivity contribution is -0.141. The van der Waals surface area contributed by atoms with Crippen molar-refractivity contribution in [3.05, 3.63) is 29.3 Å². The summed E-state index contributed by atoms with van der Waals surface area (Å²) in [7, 11) is 0. The number of para-hydroxylation sites is 1. The molecule has 1 aromatic heterocycles. The molecule has 1 atom stereocenters. The molecule has 0 aliphatic carbocycles. The molecule has 1 amide bonds. The van der Waals surface area contributed by atoms with Crippen molar-refractivity contribution in [2.45, 2.75) is 32.2 Å². The van der Waals surface area contributed by atoms with Gasteiger partial charge in [0.25, 0.3) is 0 Å². The van der Waals surface area contributed by atoms with Crippen molar-refractivity contribution in [3.63, 3.8) is 0 Å². The van der Waals surface area contributed by atoms with Crippen LogP contribution in [0.5, 0.6) is 0 Å². The third kappa shape index (κ3) is 3.54. The average molecular weight is 292 g/mol. The molecule has 1 heterocycles. The highest BCUT2D eigenvalue weighted by molar-refractivity contribution is 7.18. The van der Waals surface area contributed by atoms with Crippen LogP contribution < -0.4 is 5.32 Å².